The third-order valence-corrected chi connectivity index (χ3v) is 6.44. The maximum absolute atomic E-state index is 12.2. The molecular weight excluding hydrogens is 387 g/mol. The zero-order valence-corrected chi connectivity index (χ0v) is 14.9. The van der Waals surface area contributed by atoms with Gasteiger partial charge < -0.3 is 10.6 Å². The van der Waals surface area contributed by atoms with Crippen molar-refractivity contribution < 1.29 is 4.79 Å². The van der Waals surface area contributed by atoms with Gasteiger partial charge >= 0.3 is 0 Å². The molecule has 118 valence electrons. The summed E-state index contributed by atoms with van der Waals surface area (Å²) in [6.45, 7) is 0.442. The quantitative estimate of drug-likeness (QED) is 0.742. The van der Waals surface area contributed by atoms with Crippen molar-refractivity contribution in [3.63, 3.8) is 0 Å². The van der Waals surface area contributed by atoms with E-state index in [1.807, 2.05) is 24.3 Å². The Labute approximate surface area is 145 Å². The van der Waals surface area contributed by atoms with Crippen LogP contribution < -0.4 is 10.6 Å². The van der Waals surface area contributed by atoms with E-state index in [4.69, 9.17) is 0 Å². The molecule has 4 aliphatic rings. The first-order valence-electron chi connectivity index (χ1n) is 8.41. The van der Waals surface area contributed by atoms with Gasteiger partial charge in [0.1, 0.15) is 0 Å². The molecule has 0 unspecified atom stereocenters. The molecule has 3 nitrogen and oxygen atoms in total. The second-order valence-corrected chi connectivity index (χ2v) is 8.86. The lowest BCUT2D eigenvalue weighted by Crippen LogP contribution is -2.59. The van der Waals surface area contributed by atoms with Crippen LogP contribution in [0.25, 0.3) is 0 Å². The van der Waals surface area contributed by atoms with Gasteiger partial charge in [-0.1, -0.05) is 6.07 Å². The van der Waals surface area contributed by atoms with E-state index >= 15 is 0 Å². The monoisotopic (exact) mass is 410 g/mol. The van der Waals surface area contributed by atoms with Crippen molar-refractivity contribution in [1.29, 1.82) is 0 Å². The number of carbonyl (C=O) groups is 1. The fourth-order valence-corrected chi connectivity index (χ4v) is 5.91. The van der Waals surface area contributed by atoms with E-state index in [9.17, 15) is 4.79 Å². The van der Waals surface area contributed by atoms with Crippen LogP contribution in [0.5, 0.6) is 0 Å². The second kappa shape index (κ2) is 5.78. The molecule has 0 atom stereocenters. The Kier molecular flexibility index (Phi) is 3.93. The number of halogens is 1. The molecule has 4 saturated carbocycles. The summed E-state index contributed by atoms with van der Waals surface area (Å²) in [4.78, 5) is 12.2. The molecule has 1 aromatic carbocycles. The average molecular weight is 410 g/mol. The standard InChI is InChI=1S/C18H23IN2O/c19-15-2-1-3-16(7-15)21-17(22)11-20-18-8-12-4-13(9-18)6-14(5-12)10-18/h1-3,7,12-14,20H,4-6,8-11H2,(H,21,22). The van der Waals surface area contributed by atoms with Crippen molar-refractivity contribution in [1.82, 2.24) is 5.32 Å². The molecule has 0 radical (unpaired) electrons. The van der Waals surface area contributed by atoms with Crippen LogP contribution in [0.2, 0.25) is 0 Å². The van der Waals surface area contributed by atoms with Crippen molar-refractivity contribution in [2.24, 2.45) is 17.8 Å². The minimum atomic E-state index is 0.0812. The number of hydrogen-bond donors (Lipinski definition) is 2. The summed E-state index contributed by atoms with van der Waals surface area (Å²) in [5.74, 6) is 2.82. The van der Waals surface area contributed by atoms with Gasteiger partial charge in [0.15, 0.2) is 0 Å². The predicted molar refractivity (Wildman–Crippen MR) is 96.7 cm³/mol. The number of benzene rings is 1. The topological polar surface area (TPSA) is 41.1 Å². The summed E-state index contributed by atoms with van der Waals surface area (Å²) in [5, 5.41) is 6.66. The summed E-state index contributed by atoms with van der Waals surface area (Å²) in [5.41, 5.74) is 1.15. The summed E-state index contributed by atoms with van der Waals surface area (Å²) < 4.78 is 1.14. The average Bonchev–Trinajstić information content (AvgIpc) is 2.44. The van der Waals surface area contributed by atoms with E-state index in [2.05, 4.69) is 33.2 Å². The maximum Gasteiger partial charge on any atom is 0.238 e. The van der Waals surface area contributed by atoms with E-state index < -0.39 is 0 Å². The Balaban J connectivity index is 1.35. The Hall–Kier alpha value is -0.620. The smallest absolute Gasteiger partial charge is 0.238 e. The Morgan fingerprint density at radius 1 is 1.14 bits per heavy atom. The largest absolute Gasteiger partial charge is 0.325 e. The highest BCUT2D eigenvalue weighted by Gasteiger charge is 2.50. The first-order chi connectivity index (χ1) is 10.6. The molecule has 4 heteroatoms. The van der Waals surface area contributed by atoms with Crippen LogP contribution >= 0.6 is 22.6 Å². The van der Waals surface area contributed by atoms with Gasteiger partial charge in [0.25, 0.3) is 0 Å². The van der Waals surface area contributed by atoms with Gasteiger partial charge in [-0.15, -0.1) is 0 Å². The Bertz CT molecular complexity index is 551. The highest BCUT2D eigenvalue weighted by atomic mass is 127. The van der Waals surface area contributed by atoms with Gasteiger partial charge in [-0.2, -0.15) is 0 Å². The third-order valence-electron chi connectivity index (χ3n) is 5.77. The van der Waals surface area contributed by atoms with Gasteiger partial charge in [-0.25, -0.2) is 0 Å². The van der Waals surface area contributed by atoms with Gasteiger partial charge in [0.2, 0.25) is 5.91 Å². The van der Waals surface area contributed by atoms with Crippen molar-refractivity contribution in [2.75, 3.05) is 11.9 Å². The number of rotatable bonds is 4. The molecule has 0 spiro atoms. The third kappa shape index (κ3) is 3.04. The maximum atomic E-state index is 12.2. The van der Waals surface area contributed by atoms with Crippen LogP contribution in [0.3, 0.4) is 0 Å². The number of hydrogen-bond acceptors (Lipinski definition) is 2. The summed E-state index contributed by atoms with van der Waals surface area (Å²) in [6.07, 6.45) is 8.18. The lowest BCUT2D eigenvalue weighted by molar-refractivity contribution is -0.116. The van der Waals surface area contributed by atoms with Crippen LogP contribution in [0.1, 0.15) is 38.5 Å². The van der Waals surface area contributed by atoms with Crippen LogP contribution in [-0.2, 0) is 4.79 Å². The minimum absolute atomic E-state index is 0.0812. The molecule has 1 aromatic rings. The molecule has 2 N–H and O–H groups in total. The molecule has 0 aromatic heterocycles. The molecule has 4 fully saturated rings. The van der Waals surface area contributed by atoms with E-state index in [-0.39, 0.29) is 11.4 Å². The fourth-order valence-electron chi connectivity index (χ4n) is 5.37. The van der Waals surface area contributed by atoms with Crippen molar-refractivity contribution in [3.05, 3.63) is 27.8 Å². The summed E-state index contributed by atoms with van der Waals surface area (Å²) >= 11 is 2.27. The van der Waals surface area contributed by atoms with Crippen LogP contribution in [0.15, 0.2) is 24.3 Å². The lowest BCUT2D eigenvalue weighted by Gasteiger charge is -2.57. The molecule has 0 heterocycles. The van der Waals surface area contributed by atoms with E-state index in [0.29, 0.717) is 6.54 Å². The highest BCUT2D eigenvalue weighted by Crippen LogP contribution is 2.55. The Morgan fingerprint density at radius 3 is 2.36 bits per heavy atom. The second-order valence-electron chi connectivity index (χ2n) is 7.61. The fraction of sp³-hybridized carbons (Fsp3) is 0.611. The van der Waals surface area contributed by atoms with Crippen LogP contribution in [0.4, 0.5) is 5.69 Å². The number of carbonyl (C=O) groups excluding carboxylic acids is 1. The molecule has 0 saturated heterocycles. The normalized spacial score (nSPS) is 35.6. The first kappa shape index (κ1) is 14.9. The van der Waals surface area contributed by atoms with Gasteiger partial charge in [0.05, 0.1) is 6.54 Å². The highest BCUT2D eigenvalue weighted by molar-refractivity contribution is 14.1. The predicted octanol–water partition coefficient (Wildman–Crippen LogP) is 3.79. The number of amides is 1. The van der Waals surface area contributed by atoms with Gasteiger partial charge in [-0.3, -0.25) is 4.79 Å². The molecule has 4 aliphatic carbocycles. The zero-order valence-electron chi connectivity index (χ0n) is 12.8. The number of anilines is 1. The van der Waals surface area contributed by atoms with Gasteiger partial charge in [0, 0.05) is 14.8 Å². The lowest BCUT2D eigenvalue weighted by atomic mass is 9.53. The molecule has 5 rings (SSSR count). The van der Waals surface area contributed by atoms with Gasteiger partial charge in [-0.05, 0) is 97.1 Å². The van der Waals surface area contributed by atoms with E-state index in [1.165, 1.54) is 38.5 Å². The van der Waals surface area contributed by atoms with Crippen molar-refractivity contribution in [2.45, 2.75) is 44.1 Å². The summed E-state index contributed by atoms with van der Waals surface area (Å²) in [7, 11) is 0. The molecule has 1 amide bonds. The molecular formula is C18H23IN2O. The van der Waals surface area contributed by atoms with Crippen LogP contribution in [0, 0.1) is 21.3 Å². The van der Waals surface area contributed by atoms with Crippen molar-refractivity contribution >= 4 is 34.2 Å². The molecule has 4 bridgehead atoms. The SMILES string of the molecule is O=C(CNC12CC3CC(CC(C3)C1)C2)Nc1cccc(I)c1. The minimum Gasteiger partial charge on any atom is -0.325 e. The molecule has 22 heavy (non-hydrogen) atoms. The summed E-state index contributed by atoms with van der Waals surface area (Å²) in [6, 6.07) is 7.96. The number of nitrogens with one attached hydrogen (secondary N) is 2. The zero-order chi connectivity index (χ0) is 15.2. The van der Waals surface area contributed by atoms with Crippen molar-refractivity contribution in [3.8, 4) is 0 Å². The van der Waals surface area contributed by atoms with E-state index in [1.54, 1.807) is 0 Å². The van der Waals surface area contributed by atoms with E-state index in [0.717, 1.165) is 27.0 Å². The van der Waals surface area contributed by atoms with Crippen LogP contribution in [-0.4, -0.2) is 18.0 Å². The first-order valence-corrected chi connectivity index (χ1v) is 9.49. The molecule has 0 aliphatic heterocycles. The Morgan fingerprint density at radius 2 is 1.77 bits per heavy atom.